The van der Waals surface area contributed by atoms with Gasteiger partial charge < -0.3 is 5.32 Å². The standard InChI is InChI=1S/C15H29N3/c1-8-9-16-10-11(2)14-12(3)17-18(13(14)4)15(5,6)7/h11,16H,8-10H2,1-7H3. The van der Waals surface area contributed by atoms with Gasteiger partial charge in [-0.05, 0) is 53.5 Å². The first-order valence-electron chi connectivity index (χ1n) is 7.06. The highest BCUT2D eigenvalue weighted by atomic mass is 15.3. The molecule has 0 radical (unpaired) electrons. The Morgan fingerprint density at radius 1 is 1.28 bits per heavy atom. The van der Waals surface area contributed by atoms with Crippen molar-refractivity contribution in [3.8, 4) is 0 Å². The maximum Gasteiger partial charge on any atom is 0.0631 e. The number of hydrogen-bond donors (Lipinski definition) is 1. The molecule has 0 saturated carbocycles. The molecule has 1 aromatic heterocycles. The molecule has 1 N–H and O–H groups in total. The topological polar surface area (TPSA) is 29.9 Å². The molecule has 3 nitrogen and oxygen atoms in total. The van der Waals surface area contributed by atoms with Crippen LogP contribution < -0.4 is 5.32 Å². The molecular formula is C15H29N3. The molecule has 104 valence electrons. The molecule has 3 heteroatoms. The van der Waals surface area contributed by atoms with Crippen LogP contribution >= 0.6 is 0 Å². The van der Waals surface area contributed by atoms with Crippen molar-refractivity contribution in [3.05, 3.63) is 17.0 Å². The van der Waals surface area contributed by atoms with Crippen molar-refractivity contribution in [1.82, 2.24) is 15.1 Å². The van der Waals surface area contributed by atoms with Gasteiger partial charge in [-0.1, -0.05) is 13.8 Å². The van der Waals surface area contributed by atoms with Crippen LogP contribution in [0.1, 0.15) is 63.9 Å². The summed E-state index contributed by atoms with van der Waals surface area (Å²) >= 11 is 0. The molecule has 0 saturated heterocycles. The zero-order valence-corrected chi connectivity index (χ0v) is 13.1. The van der Waals surface area contributed by atoms with E-state index in [0.29, 0.717) is 5.92 Å². The third kappa shape index (κ3) is 3.35. The SMILES string of the molecule is CCCNCC(C)c1c(C)nn(C(C)(C)C)c1C. The lowest BCUT2D eigenvalue weighted by Gasteiger charge is -2.22. The monoisotopic (exact) mass is 251 g/mol. The van der Waals surface area contributed by atoms with Crippen LogP contribution in [-0.2, 0) is 5.54 Å². The van der Waals surface area contributed by atoms with Crippen LogP contribution in [0.25, 0.3) is 0 Å². The van der Waals surface area contributed by atoms with E-state index in [1.165, 1.54) is 23.4 Å². The molecule has 0 bridgehead atoms. The molecule has 1 atom stereocenters. The largest absolute Gasteiger partial charge is 0.316 e. The Kier molecular flexibility index (Phi) is 4.97. The van der Waals surface area contributed by atoms with Gasteiger partial charge in [0, 0.05) is 17.8 Å². The van der Waals surface area contributed by atoms with Crippen LogP contribution in [-0.4, -0.2) is 22.9 Å². The van der Waals surface area contributed by atoms with Gasteiger partial charge in [0.05, 0.1) is 11.2 Å². The van der Waals surface area contributed by atoms with Gasteiger partial charge in [-0.15, -0.1) is 0 Å². The molecule has 0 spiro atoms. The Morgan fingerprint density at radius 3 is 2.33 bits per heavy atom. The van der Waals surface area contributed by atoms with E-state index in [-0.39, 0.29) is 5.54 Å². The van der Waals surface area contributed by atoms with E-state index >= 15 is 0 Å². The fraction of sp³-hybridized carbons (Fsp3) is 0.800. The lowest BCUT2D eigenvalue weighted by Crippen LogP contribution is -2.25. The van der Waals surface area contributed by atoms with Crippen LogP contribution in [0.4, 0.5) is 0 Å². The minimum Gasteiger partial charge on any atom is -0.316 e. The molecular weight excluding hydrogens is 222 g/mol. The van der Waals surface area contributed by atoms with Crippen molar-refractivity contribution in [3.63, 3.8) is 0 Å². The summed E-state index contributed by atoms with van der Waals surface area (Å²) in [6, 6.07) is 0. The lowest BCUT2D eigenvalue weighted by atomic mass is 9.98. The lowest BCUT2D eigenvalue weighted by molar-refractivity contribution is 0.346. The van der Waals surface area contributed by atoms with E-state index in [2.05, 4.69) is 58.5 Å². The van der Waals surface area contributed by atoms with E-state index in [9.17, 15) is 0 Å². The third-order valence-corrected chi connectivity index (χ3v) is 3.35. The van der Waals surface area contributed by atoms with E-state index in [1.807, 2.05) is 0 Å². The average molecular weight is 251 g/mol. The second-order valence-corrected chi connectivity index (χ2v) is 6.27. The fourth-order valence-electron chi connectivity index (χ4n) is 2.62. The molecule has 0 fully saturated rings. The Labute approximate surface area is 112 Å². The first-order valence-corrected chi connectivity index (χ1v) is 7.06. The van der Waals surface area contributed by atoms with Crippen LogP contribution in [0, 0.1) is 13.8 Å². The predicted octanol–water partition coefficient (Wildman–Crippen LogP) is 3.36. The number of aromatic nitrogens is 2. The molecule has 0 aliphatic heterocycles. The van der Waals surface area contributed by atoms with Crippen LogP contribution in [0.15, 0.2) is 0 Å². The smallest absolute Gasteiger partial charge is 0.0631 e. The summed E-state index contributed by atoms with van der Waals surface area (Å²) in [7, 11) is 0. The van der Waals surface area contributed by atoms with Crippen molar-refractivity contribution in [2.75, 3.05) is 13.1 Å². The number of hydrogen-bond acceptors (Lipinski definition) is 2. The summed E-state index contributed by atoms with van der Waals surface area (Å²) in [5.41, 5.74) is 3.96. The molecule has 0 amide bonds. The normalized spacial score (nSPS) is 13.9. The second kappa shape index (κ2) is 5.87. The molecule has 0 aliphatic rings. The summed E-state index contributed by atoms with van der Waals surface area (Å²) < 4.78 is 2.16. The quantitative estimate of drug-likeness (QED) is 0.813. The van der Waals surface area contributed by atoms with Gasteiger partial charge in [0.15, 0.2) is 0 Å². The van der Waals surface area contributed by atoms with Gasteiger partial charge in [0.25, 0.3) is 0 Å². The number of nitrogens with one attached hydrogen (secondary N) is 1. The van der Waals surface area contributed by atoms with E-state index < -0.39 is 0 Å². The summed E-state index contributed by atoms with van der Waals surface area (Å²) in [6.07, 6.45) is 1.19. The fourth-order valence-corrected chi connectivity index (χ4v) is 2.62. The summed E-state index contributed by atoms with van der Waals surface area (Å²) in [5, 5.41) is 8.22. The average Bonchev–Trinajstić information content (AvgIpc) is 2.54. The first kappa shape index (κ1) is 15.2. The van der Waals surface area contributed by atoms with Crippen molar-refractivity contribution >= 4 is 0 Å². The Morgan fingerprint density at radius 2 is 1.89 bits per heavy atom. The minimum atomic E-state index is 0.0592. The zero-order valence-electron chi connectivity index (χ0n) is 13.1. The maximum atomic E-state index is 4.72. The molecule has 1 rings (SSSR count). The molecule has 18 heavy (non-hydrogen) atoms. The molecule has 1 heterocycles. The van der Waals surface area contributed by atoms with Gasteiger partial charge in [-0.2, -0.15) is 5.10 Å². The van der Waals surface area contributed by atoms with E-state index in [0.717, 1.165) is 13.1 Å². The van der Waals surface area contributed by atoms with Gasteiger partial charge in [0.2, 0.25) is 0 Å². The summed E-state index contributed by atoms with van der Waals surface area (Å²) in [5.74, 6) is 0.521. The van der Waals surface area contributed by atoms with Gasteiger partial charge >= 0.3 is 0 Å². The van der Waals surface area contributed by atoms with Crippen molar-refractivity contribution in [1.29, 1.82) is 0 Å². The van der Waals surface area contributed by atoms with Gasteiger partial charge in [-0.3, -0.25) is 4.68 Å². The summed E-state index contributed by atoms with van der Waals surface area (Å²) in [4.78, 5) is 0. The highest BCUT2D eigenvalue weighted by molar-refractivity contribution is 5.29. The molecule has 0 aromatic carbocycles. The molecule has 1 aromatic rings. The number of nitrogens with zero attached hydrogens (tertiary/aromatic N) is 2. The van der Waals surface area contributed by atoms with Crippen LogP contribution in [0.3, 0.4) is 0 Å². The Hall–Kier alpha value is -0.830. The highest BCUT2D eigenvalue weighted by Crippen LogP contribution is 2.26. The van der Waals surface area contributed by atoms with Gasteiger partial charge in [0.1, 0.15) is 0 Å². The summed E-state index contributed by atoms with van der Waals surface area (Å²) in [6.45, 7) is 17.5. The van der Waals surface area contributed by atoms with Crippen LogP contribution in [0.5, 0.6) is 0 Å². The zero-order chi connectivity index (χ0) is 13.9. The maximum absolute atomic E-state index is 4.72. The second-order valence-electron chi connectivity index (χ2n) is 6.27. The first-order chi connectivity index (χ1) is 8.29. The third-order valence-electron chi connectivity index (χ3n) is 3.35. The van der Waals surface area contributed by atoms with Crippen molar-refractivity contribution in [2.45, 2.75) is 66.3 Å². The van der Waals surface area contributed by atoms with E-state index in [1.54, 1.807) is 0 Å². The Balaban J connectivity index is 2.92. The minimum absolute atomic E-state index is 0.0592. The molecule has 1 unspecified atom stereocenters. The van der Waals surface area contributed by atoms with E-state index in [4.69, 9.17) is 5.10 Å². The van der Waals surface area contributed by atoms with Crippen molar-refractivity contribution in [2.24, 2.45) is 0 Å². The number of rotatable bonds is 5. The molecule has 0 aliphatic carbocycles. The number of aryl methyl sites for hydroxylation is 1. The van der Waals surface area contributed by atoms with Crippen LogP contribution in [0.2, 0.25) is 0 Å². The highest BCUT2D eigenvalue weighted by Gasteiger charge is 2.23. The Bertz CT molecular complexity index is 385. The van der Waals surface area contributed by atoms with Gasteiger partial charge in [-0.25, -0.2) is 0 Å². The predicted molar refractivity (Wildman–Crippen MR) is 78.3 cm³/mol. The van der Waals surface area contributed by atoms with Crippen molar-refractivity contribution < 1.29 is 0 Å².